The molecule has 1 fully saturated rings. The van der Waals surface area contributed by atoms with Gasteiger partial charge in [-0.05, 0) is 19.1 Å². The van der Waals surface area contributed by atoms with Crippen molar-refractivity contribution in [3.05, 3.63) is 29.8 Å². The van der Waals surface area contributed by atoms with Crippen molar-refractivity contribution < 1.29 is 18.3 Å². The van der Waals surface area contributed by atoms with E-state index in [2.05, 4.69) is 0 Å². The number of amides is 1. The summed E-state index contributed by atoms with van der Waals surface area (Å²) in [5.41, 5.74) is 5.61. The first-order chi connectivity index (χ1) is 9.95. The number of halogens is 2. The Balaban J connectivity index is 1.85. The Morgan fingerprint density at radius 2 is 2.10 bits per heavy atom. The molecule has 21 heavy (non-hydrogen) atoms. The number of carbonyl (C=O) groups is 1. The molecule has 2 N–H and O–H groups in total. The van der Waals surface area contributed by atoms with E-state index in [0.29, 0.717) is 32.4 Å². The van der Waals surface area contributed by atoms with Crippen molar-refractivity contribution in [3.63, 3.8) is 0 Å². The van der Waals surface area contributed by atoms with Gasteiger partial charge in [-0.15, -0.1) is 0 Å². The average Bonchev–Trinajstić information content (AvgIpc) is 2.42. The number of rotatable bonds is 4. The Labute approximate surface area is 122 Å². The minimum atomic E-state index is -0.703. The first kappa shape index (κ1) is 15.7. The van der Waals surface area contributed by atoms with Gasteiger partial charge in [0.1, 0.15) is 11.9 Å². The number of nitrogens with two attached hydrogens (primary N) is 1. The minimum Gasteiger partial charge on any atom is -0.487 e. The normalized spacial score (nSPS) is 17.6. The first-order valence-electron chi connectivity index (χ1n) is 7.10. The standard InChI is InChI=1S/C15H20F2N2O2/c1-10(18)8-15(20)19-6-4-12(5-7-19)21-14-3-2-11(16)9-13(14)17/h2-3,9-10,12H,4-8,18H2,1H3. The quantitative estimate of drug-likeness (QED) is 0.926. The van der Waals surface area contributed by atoms with Crippen LogP contribution in [-0.4, -0.2) is 36.0 Å². The highest BCUT2D eigenvalue weighted by Crippen LogP contribution is 2.23. The van der Waals surface area contributed by atoms with Crippen molar-refractivity contribution in [3.8, 4) is 5.75 Å². The molecule has 0 radical (unpaired) electrons. The average molecular weight is 298 g/mol. The smallest absolute Gasteiger partial charge is 0.224 e. The second-order valence-electron chi connectivity index (χ2n) is 5.45. The van der Waals surface area contributed by atoms with Crippen LogP contribution in [0.15, 0.2) is 18.2 Å². The molecule has 1 aromatic carbocycles. The maximum atomic E-state index is 13.5. The van der Waals surface area contributed by atoms with E-state index < -0.39 is 11.6 Å². The van der Waals surface area contributed by atoms with Crippen molar-refractivity contribution in [2.45, 2.75) is 38.3 Å². The molecule has 0 saturated carbocycles. The van der Waals surface area contributed by atoms with E-state index in [9.17, 15) is 13.6 Å². The SMILES string of the molecule is CC(N)CC(=O)N1CCC(Oc2ccc(F)cc2F)CC1. The van der Waals surface area contributed by atoms with E-state index in [1.54, 1.807) is 11.8 Å². The van der Waals surface area contributed by atoms with E-state index in [1.165, 1.54) is 12.1 Å². The number of nitrogens with zero attached hydrogens (tertiary/aromatic N) is 1. The molecule has 1 aromatic rings. The van der Waals surface area contributed by atoms with Crippen LogP contribution in [0.5, 0.6) is 5.75 Å². The Bertz CT molecular complexity index is 500. The highest BCUT2D eigenvalue weighted by molar-refractivity contribution is 5.76. The second kappa shape index (κ2) is 6.85. The van der Waals surface area contributed by atoms with Crippen LogP contribution in [-0.2, 0) is 4.79 Å². The van der Waals surface area contributed by atoms with E-state index in [0.717, 1.165) is 6.07 Å². The summed E-state index contributed by atoms with van der Waals surface area (Å²) in [6.45, 7) is 2.93. The van der Waals surface area contributed by atoms with Crippen molar-refractivity contribution in [1.29, 1.82) is 0 Å². The molecule has 1 saturated heterocycles. The summed E-state index contributed by atoms with van der Waals surface area (Å²) in [6, 6.07) is 3.11. The van der Waals surface area contributed by atoms with Crippen LogP contribution in [0.4, 0.5) is 8.78 Å². The third kappa shape index (κ3) is 4.39. The van der Waals surface area contributed by atoms with Crippen LogP contribution < -0.4 is 10.5 Å². The van der Waals surface area contributed by atoms with E-state index in [1.807, 2.05) is 0 Å². The van der Waals surface area contributed by atoms with Crippen LogP contribution in [0, 0.1) is 11.6 Å². The zero-order valence-corrected chi connectivity index (χ0v) is 12.0. The molecule has 1 aliphatic heterocycles. The van der Waals surface area contributed by atoms with Crippen LogP contribution in [0.2, 0.25) is 0 Å². The van der Waals surface area contributed by atoms with Gasteiger partial charge in [-0.2, -0.15) is 0 Å². The van der Waals surface area contributed by atoms with Crippen molar-refractivity contribution in [2.24, 2.45) is 5.73 Å². The Morgan fingerprint density at radius 1 is 1.43 bits per heavy atom. The summed E-state index contributed by atoms with van der Waals surface area (Å²) >= 11 is 0. The van der Waals surface area contributed by atoms with Crippen LogP contribution in [0.25, 0.3) is 0 Å². The van der Waals surface area contributed by atoms with Crippen LogP contribution >= 0.6 is 0 Å². The maximum absolute atomic E-state index is 13.5. The summed E-state index contributed by atoms with van der Waals surface area (Å²) in [5, 5.41) is 0. The zero-order chi connectivity index (χ0) is 15.4. The zero-order valence-electron chi connectivity index (χ0n) is 12.0. The van der Waals surface area contributed by atoms with Crippen LogP contribution in [0.3, 0.4) is 0 Å². The van der Waals surface area contributed by atoms with Crippen LogP contribution in [0.1, 0.15) is 26.2 Å². The fourth-order valence-corrected chi connectivity index (χ4v) is 2.38. The molecule has 0 spiro atoms. The predicted octanol–water partition coefficient (Wildman–Crippen LogP) is 2.07. The molecular weight excluding hydrogens is 278 g/mol. The third-order valence-corrected chi connectivity index (χ3v) is 3.48. The molecular formula is C15H20F2N2O2. The summed E-state index contributed by atoms with van der Waals surface area (Å²) in [7, 11) is 0. The topological polar surface area (TPSA) is 55.6 Å². The fourth-order valence-electron chi connectivity index (χ4n) is 2.38. The van der Waals surface area contributed by atoms with Gasteiger partial charge in [0.25, 0.3) is 0 Å². The maximum Gasteiger partial charge on any atom is 0.224 e. The van der Waals surface area contributed by atoms with Gasteiger partial charge in [-0.25, -0.2) is 8.78 Å². The van der Waals surface area contributed by atoms with E-state index in [-0.39, 0.29) is 23.8 Å². The number of hydrogen-bond donors (Lipinski definition) is 1. The fraction of sp³-hybridized carbons (Fsp3) is 0.533. The lowest BCUT2D eigenvalue weighted by atomic mass is 10.1. The van der Waals surface area contributed by atoms with Crippen molar-refractivity contribution >= 4 is 5.91 Å². The minimum absolute atomic E-state index is 0.0383. The van der Waals surface area contributed by atoms with Gasteiger partial charge in [0.15, 0.2) is 11.6 Å². The lowest BCUT2D eigenvalue weighted by Gasteiger charge is -2.32. The lowest BCUT2D eigenvalue weighted by Crippen LogP contribution is -2.43. The number of likely N-dealkylation sites (tertiary alicyclic amines) is 1. The summed E-state index contributed by atoms with van der Waals surface area (Å²) in [4.78, 5) is 13.6. The number of hydrogen-bond acceptors (Lipinski definition) is 3. The molecule has 0 aromatic heterocycles. The summed E-state index contributed by atoms with van der Waals surface area (Å²) < 4.78 is 31.9. The second-order valence-corrected chi connectivity index (χ2v) is 5.45. The number of benzene rings is 1. The van der Waals surface area contributed by atoms with Gasteiger partial charge in [0, 0.05) is 44.5 Å². The molecule has 1 atom stereocenters. The monoisotopic (exact) mass is 298 g/mol. The largest absolute Gasteiger partial charge is 0.487 e. The predicted molar refractivity (Wildman–Crippen MR) is 74.9 cm³/mol. The molecule has 1 aliphatic rings. The van der Waals surface area contributed by atoms with Crippen molar-refractivity contribution in [1.82, 2.24) is 4.90 Å². The van der Waals surface area contributed by atoms with Gasteiger partial charge >= 0.3 is 0 Å². The number of carbonyl (C=O) groups excluding carboxylic acids is 1. The Kier molecular flexibility index (Phi) is 5.12. The molecule has 1 heterocycles. The van der Waals surface area contributed by atoms with E-state index >= 15 is 0 Å². The molecule has 0 bridgehead atoms. The molecule has 1 unspecified atom stereocenters. The van der Waals surface area contributed by atoms with Gasteiger partial charge in [-0.3, -0.25) is 4.79 Å². The molecule has 0 aliphatic carbocycles. The molecule has 1 amide bonds. The molecule has 2 rings (SSSR count). The van der Waals surface area contributed by atoms with Gasteiger partial charge in [0.05, 0.1) is 0 Å². The summed E-state index contributed by atoms with van der Waals surface area (Å²) in [6.07, 6.45) is 1.42. The summed E-state index contributed by atoms with van der Waals surface area (Å²) in [5.74, 6) is -1.24. The van der Waals surface area contributed by atoms with E-state index in [4.69, 9.17) is 10.5 Å². The number of piperidine rings is 1. The third-order valence-electron chi connectivity index (χ3n) is 3.48. The number of ether oxygens (including phenoxy) is 1. The van der Waals surface area contributed by atoms with Gasteiger partial charge in [-0.1, -0.05) is 0 Å². The Morgan fingerprint density at radius 3 is 2.67 bits per heavy atom. The molecule has 116 valence electrons. The Hall–Kier alpha value is -1.69. The first-order valence-corrected chi connectivity index (χ1v) is 7.10. The molecule has 6 heteroatoms. The van der Waals surface area contributed by atoms with Gasteiger partial charge < -0.3 is 15.4 Å². The molecule has 4 nitrogen and oxygen atoms in total. The highest BCUT2D eigenvalue weighted by Gasteiger charge is 2.24. The van der Waals surface area contributed by atoms with Crippen molar-refractivity contribution in [2.75, 3.05) is 13.1 Å². The highest BCUT2D eigenvalue weighted by atomic mass is 19.1. The van der Waals surface area contributed by atoms with Gasteiger partial charge in [0.2, 0.25) is 5.91 Å². The lowest BCUT2D eigenvalue weighted by molar-refractivity contribution is -0.133.